The Morgan fingerprint density at radius 1 is 0.889 bits per heavy atom. The molecule has 5 rings (SSSR count). The molecule has 2 aliphatic rings. The van der Waals surface area contributed by atoms with Gasteiger partial charge in [0.15, 0.2) is 0 Å². The SMILES string of the molecule is O=C(c1ccccc1)C1Oc2ccccc2C2CC(c3ccccc3)=NN12. The molecule has 2 atom stereocenters. The third kappa shape index (κ3) is 2.70. The highest BCUT2D eigenvalue weighted by Crippen LogP contribution is 2.43. The lowest BCUT2D eigenvalue weighted by molar-refractivity contribution is -0.00455. The zero-order valence-electron chi connectivity index (χ0n) is 14.7. The molecule has 3 aromatic rings. The van der Waals surface area contributed by atoms with Gasteiger partial charge in [-0.05, 0) is 11.6 Å². The molecule has 0 bridgehead atoms. The number of hydrogen-bond acceptors (Lipinski definition) is 4. The van der Waals surface area contributed by atoms with Crippen LogP contribution in [0.1, 0.15) is 33.9 Å². The zero-order valence-corrected chi connectivity index (χ0v) is 14.7. The summed E-state index contributed by atoms with van der Waals surface area (Å²) in [5.41, 5.74) is 3.76. The number of hydrogen-bond donors (Lipinski definition) is 0. The lowest BCUT2D eigenvalue weighted by Gasteiger charge is -2.37. The fourth-order valence-electron chi connectivity index (χ4n) is 3.76. The zero-order chi connectivity index (χ0) is 18.2. The van der Waals surface area contributed by atoms with E-state index in [0.717, 1.165) is 29.0 Å². The summed E-state index contributed by atoms with van der Waals surface area (Å²) in [5.74, 6) is 0.686. The molecule has 0 N–H and O–H groups in total. The molecule has 0 aliphatic carbocycles. The standard InChI is InChI=1S/C23H18N2O2/c26-22(17-11-5-2-6-12-17)23-25-20(18-13-7-8-14-21(18)27-23)15-19(24-25)16-9-3-1-4-10-16/h1-14,20,23H,15H2. The molecule has 0 amide bonds. The summed E-state index contributed by atoms with van der Waals surface area (Å²) in [6.07, 6.45) is -0.00307. The van der Waals surface area contributed by atoms with E-state index in [9.17, 15) is 4.79 Å². The maximum atomic E-state index is 13.2. The van der Waals surface area contributed by atoms with E-state index in [1.165, 1.54) is 0 Å². The largest absolute Gasteiger partial charge is 0.461 e. The van der Waals surface area contributed by atoms with Gasteiger partial charge in [-0.3, -0.25) is 4.79 Å². The van der Waals surface area contributed by atoms with Crippen molar-refractivity contribution in [3.8, 4) is 5.75 Å². The van der Waals surface area contributed by atoms with E-state index in [0.29, 0.717) is 5.56 Å². The van der Waals surface area contributed by atoms with Crippen molar-refractivity contribution >= 4 is 11.5 Å². The van der Waals surface area contributed by atoms with Crippen LogP contribution in [0.2, 0.25) is 0 Å². The molecule has 0 radical (unpaired) electrons. The van der Waals surface area contributed by atoms with Crippen molar-refractivity contribution in [3.05, 3.63) is 102 Å². The molecular formula is C23H18N2O2. The second kappa shape index (κ2) is 6.40. The smallest absolute Gasteiger partial charge is 0.251 e. The Hall–Kier alpha value is -3.40. The van der Waals surface area contributed by atoms with Crippen molar-refractivity contribution in [2.45, 2.75) is 18.7 Å². The van der Waals surface area contributed by atoms with Crippen molar-refractivity contribution < 1.29 is 9.53 Å². The minimum absolute atomic E-state index is 0.00261. The van der Waals surface area contributed by atoms with Crippen LogP contribution in [0.15, 0.2) is 90.0 Å². The quantitative estimate of drug-likeness (QED) is 0.653. The number of para-hydroxylation sites is 1. The summed E-state index contributed by atoms with van der Waals surface area (Å²) < 4.78 is 6.12. The second-order valence-electron chi connectivity index (χ2n) is 6.75. The molecule has 2 unspecified atom stereocenters. The van der Waals surface area contributed by atoms with Gasteiger partial charge < -0.3 is 4.74 Å². The van der Waals surface area contributed by atoms with Gasteiger partial charge in [-0.25, -0.2) is 5.01 Å². The maximum absolute atomic E-state index is 13.2. The molecule has 3 aromatic carbocycles. The van der Waals surface area contributed by atoms with Crippen LogP contribution >= 0.6 is 0 Å². The van der Waals surface area contributed by atoms with Crippen LogP contribution in [-0.2, 0) is 0 Å². The van der Waals surface area contributed by atoms with E-state index in [1.807, 2.05) is 71.7 Å². The Labute approximate surface area is 157 Å². The first kappa shape index (κ1) is 15.8. The maximum Gasteiger partial charge on any atom is 0.251 e. The van der Waals surface area contributed by atoms with Gasteiger partial charge in [0.1, 0.15) is 5.75 Å². The van der Waals surface area contributed by atoms with Crippen LogP contribution in [0, 0.1) is 0 Å². The average molecular weight is 354 g/mol. The van der Waals surface area contributed by atoms with Crippen LogP contribution in [0.5, 0.6) is 5.75 Å². The van der Waals surface area contributed by atoms with Crippen LogP contribution in [0.4, 0.5) is 0 Å². The van der Waals surface area contributed by atoms with Gasteiger partial charge in [-0.1, -0.05) is 78.9 Å². The number of rotatable bonds is 3. The molecule has 0 spiro atoms. The lowest BCUT2D eigenvalue weighted by Crippen LogP contribution is -2.45. The molecule has 0 saturated carbocycles. The van der Waals surface area contributed by atoms with Crippen molar-refractivity contribution in [2.75, 3.05) is 0 Å². The molecule has 2 heterocycles. The summed E-state index contributed by atoms with van der Waals surface area (Å²) >= 11 is 0. The Bertz CT molecular complexity index is 1010. The number of ketones is 1. The van der Waals surface area contributed by atoms with Crippen LogP contribution in [-0.4, -0.2) is 22.7 Å². The Kier molecular flexibility index (Phi) is 3.75. The highest BCUT2D eigenvalue weighted by atomic mass is 16.5. The first-order valence-electron chi connectivity index (χ1n) is 9.07. The number of carbonyl (C=O) groups excluding carboxylic acids is 1. The van der Waals surface area contributed by atoms with Crippen molar-refractivity contribution in [2.24, 2.45) is 5.10 Å². The monoisotopic (exact) mass is 354 g/mol. The van der Waals surface area contributed by atoms with Gasteiger partial charge in [0, 0.05) is 17.5 Å². The molecule has 2 aliphatic heterocycles. The Balaban J connectivity index is 1.57. The number of ether oxygens (including phenoxy) is 1. The summed E-state index contributed by atoms with van der Waals surface area (Å²) in [6, 6.07) is 27.3. The third-order valence-corrected chi connectivity index (χ3v) is 5.09. The summed E-state index contributed by atoms with van der Waals surface area (Å²) in [7, 11) is 0. The van der Waals surface area contributed by atoms with Crippen LogP contribution < -0.4 is 4.74 Å². The fourth-order valence-corrected chi connectivity index (χ4v) is 3.76. The predicted molar refractivity (Wildman–Crippen MR) is 104 cm³/mol. The predicted octanol–water partition coefficient (Wildman–Crippen LogP) is 4.44. The third-order valence-electron chi connectivity index (χ3n) is 5.09. The van der Waals surface area contributed by atoms with E-state index in [-0.39, 0.29) is 11.8 Å². The normalized spacial score (nSPS) is 20.3. The van der Waals surface area contributed by atoms with Crippen molar-refractivity contribution in [1.29, 1.82) is 0 Å². The van der Waals surface area contributed by atoms with Crippen molar-refractivity contribution in [3.63, 3.8) is 0 Å². The van der Waals surface area contributed by atoms with Gasteiger partial charge in [-0.2, -0.15) is 5.10 Å². The number of nitrogens with zero attached hydrogens (tertiary/aromatic N) is 2. The first-order valence-corrected chi connectivity index (χ1v) is 9.07. The minimum atomic E-state index is -0.756. The molecule has 4 nitrogen and oxygen atoms in total. The average Bonchev–Trinajstić information content (AvgIpc) is 3.20. The number of carbonyl (C=O) groups is 1. The molecular weight excluding hydrogens is 336 g/mol. The second-order valence-corrected chi connectivity index (χ2v) is 6.75. The highest BCUT2D eigenvalue weighted by Gasteiger charge is 2.43. The minimum Gasteiger partial charge on any atom is -0.461 e. The molecule has 132 valence electrons. The van der Waals surface area contributed by atoms with Crippen LogP contribution in [0.25, 0.3) is 0 Å². The van der Waals surface area contributed by atoms with Gasteiger partial charge in [-0.15, -0.1) is 0 Å². The van der Waals surface area contributed by atoms with Crippen molar-refractivity contribution in [1.82, 2.24) is 5.01 Å². The number of Topliss-reactive ketones (excluding diaryl/α,β-unsaturated/α-hetero) is 1. The summed E-state index contributed by atoms with van der Waals surface area (Å²) in [5, 5.41) is 6.64. The lowest BCUT2D eigenvalue weighted by atomic mass is 9.96. The molecule has 0 saturated heterocycles. The highest BCUT2D eigenvalue weighted by molar-refractivity contribution is 6.03. The van der Waals surface area contributed by atoms with E-state index in [1.54, 1.807) is 0 Å². The van der Waals surface area contributed by atoms with E-state index in [4.69, 9.17) is 9.84 Å². The van der Waals surface area contributed by atoms with Gasteiger partial charge >= 0.3 is 0 Å². The molecule has 4 heteroatoms. The van der Waals surface area contributed by atoms with Crippen LogP contribution in [0.3, 0.4) is 0 Å². The van der Waals surface area contributed by atoms with Gasteiger partial charge in [0.25, 0.3) is 6.23 Å². The molecule has 0 aromatic heterocycles. The van der Waals surface area contributed by atoms with E-state index < -0.39 is 6.23 Å². The molecule has 0 fully saturated rings. The number of benzene rings is 3. The Morgan fingerprint density at radius 3 is 2.33 bits per heavy atom. The first-order chi connectivity index (χ1) is 13.3. The summed E-state index contributed by atoms with van der Waals surface area (Å²) in [6.45, 7) is 0. The number of fused-ring (bicyclic) bond motifs is 3. The number of hydrazone groups is 1. The topological polar surface area (TPSA) is 41.9 Å². The van der Waals surface area contributed by atoms with E-state index in [2.05, 4.69) is 18.2 Å². The van der Waals surface area contributed by atoms with Gasteiger partial charge in [0.2, 0.25) is 5.78 Å². The summed E-state index contributed by atoms with van der Waals surface area (Å²) in [4.78, 5) is 13.2. The molecule has 27 heavy (non-hydrogen) atoms. The van der Waals surface area contributed by atoms with E-state index >= 15 is 0 Å². The van der Waals surface area contributed by atoms with Gasteiger partial charge in [0.05, 0.1) is 11.8 Å². The Morgan fingerprint density at radius 2 is 1.56 bits per heavy atom. The fraction of sp³-hybridized carbons (Fsp3) is 0.130.